The Morgan fingerprint density at radius 1 is 1.06 bits per heavy atom. The lowest BCUT2D eigenvalue weighted by Gasteiger charge is -2.26. The van der Waals surface area contributed by atoms with Crippen LogP contribution in [0, 0.1) is 0 Å². The lowest BCUT2D eigenvalue weighted by atomic mass is 10.1. The zero-order chi connectivity index (χ0) is 23.5. The summed E-state index contributed by atoms with van der Waals surface area (Å²) < 4.78 is 10.8. The van der Waals surface area contributed by atoms with Crippen molar-refractivity contribution in [2.24, 2.45) is 4.99 Å². The summed E-state index contributed by atoms with van der Waals surface area (Å²) in [5.74, 6) is 2.06. The molecule has 0 heterocycles. The number of ether oxygens (including phenoxy) is 2. The molecule has 1 amide bonds. The number of amides is 1. The maximum absolute atomic E-state index is 11.8. The average molecular weight is 569 g/mol. The van der Waals surface area contributed by atoms with Gasteiger partial charge in [-0.15, -0.1) is 24.0 Å². The highest BCUT2D eigenvalue weighted by molar-refractivity contribution is 14.0. The molecule has 0 radical (unpaired) electrons. The highest BCUT2D eigenvalue weighted by Crippen LogP contribution is 2.31. The third-order valence-corrected chi connectivity index (χ3v) is 5.22. The lowest BCUT2D eigenvalue weighted by molar-refractivity contribution is 0.0963. The van der Waals surface area contributed by atoms with Gasteiger partial charge in [-0.3, -0.25) is 9.79 Å². The van der Waals surface area contributed by atoms with Crippen LogP contribution in [0.3, 0.4) is 0 Å². The molecule has 1 unspecified atom stereocenters. The number of likely N-dealkylation sites (N-methyl/N-ethyl adjacent to an activating group) is 1. The van der Waals surface area contributed by atoms with Gasteiger partial charge in [0, 0.05) is 32.7 Å². The van der Waals surface area contributed by atoms with Crippen molar-refractivity contribution in [2.45, 2.75) is 12.5 Å². The Morgan fingerprint density at radius 2 is 1.79 bits per heavy atom. The highest BCUT2D eigenvalue weighted by atomic mass is 127. The Hall–Kier alpha value is -2.53. The van der Waals surface area contributed by atoms with Crippen LogP contribution in [0.25, 0.3) is 0 Å². The van der Waals surface area contributed by atoms with Crippen LogP contribution < -0.4 is 25.4 Å². The van der Waals surface area contributed by atoms with Crippen molar-refractivity contribution in [1.82, 2.24) is 20.9 Å². The van der Waals surface area contributed by atoms with E-state index in [-0.39, 0.29) is 35.9 Å². The van der Waals surface area contributed by atoms with Crippen molar-refractivity contribution in [1.29, 1.82) is 0 Å². The fraction of sp³-hybridized carbons (Fsp3) is 0.417. The Labute approximate surface area is 214 Å². The van der Waals surface area contributed by atoms with E-state index in [1.165, 1.54) is 0 Å². The van der Waals surface area contributed by atoms with Crippen LogP contribution in [-0.4, -0.2) is 72.3 Å². The van der Waals surface area contributed by atoms with E-state index in [1.54, 1.807) is 28.3 Å². The summed E-state index contributed by atoms with van der Waals surface area (Å²) >= 11 is 0. The summed E-state index contributed by atoms with van der Waals surface area (Å²) in [6.45, 7) is 1.36. The molecule has 2 aromatic rings. The molecule has 0 fully saturated rings. The molecule has 182 valence electrons. The topological polar surface area (TPSA) is 87.2 Å². The van der Waals surface area contributed by atoms with E-state index < -0.39 is 0 Å². The van der Waals surface area contributed by atoms with Crippen molar-refractivity contribution in [2.75, 3.05) is 55.5 Å². The first kappa shape index (κ1) is 28.5. The first-order valence-electron chi connectivity index (χ1n) is 10.6. The van der Waals surface area contributed by atoms with Gasteiger partial charge in [-0.2, -0.15) is 0 Å². The first-order chi connectivity index (χ1) is 15.4. The van der Waals surface area contributed by atoms with E-state index in [0.717, 1.165) is 23.5 Å². The normalized spacial score (nSPS) is 11.9. The number of hydrogen-bond acceptors (Lipinski definition) is 5. The lowest BCUT2D eigenvalue weighted by Crippen LogP contribution is -2.42. The molecule has 8 nitrogen and oxygen atoms in total. The number of carbonyl (C=O) groups excluding carboxylic acids is 1. The highest BCUT2D eigenvalue weighted by Gasteiger charge is 2.17. The number of aliphatic imine (C=N–C) groups is 1. The third-order valence-electron chi connectivity index (χ3n) is 5.22. The van der Waals surface area contributed by atoms with E-state index in [2.05, 4.69) is 25.8 Å². The number of nitrogens with zero attached hydrogens (tertiary/aromatic N) is 2. The molecule has 0 aliphatic heterocycles. The van der Waals surface area contributed by atoms with E-state index >= 15 is 0 Å². The SMILES string of the molecule is CN=C(NCCc1cccc(C(=O)NC)c1)NCC(c1ccc(OC)c(OC)c1)N(C)C.I. The van der Waals surface area contributed by atoms with Gasteiger partial charge in [0.1, 0.15) is 0 Å². The summed E-state index contributed by atoms with van der Waals surface area (Å²) in [4.78, 5) is 18.3. The zero-order valence-electron chi connectivity index (χ0n) is 20.3. The van der Waals surface area contributed by atoms with Crippen LogP contribution in [0.4, 0.5) is 0 Å². The largest absolute Gasteiger partial charge is 0.493 e. The minimum absolute atomic E-state index is 0. The van der Waals surface area contributed by atoms with Gasteiger partial charge in [-0.25, -0.2) is 0 Å². The smallest absolute Gasteiger partial charge is 0.251 e. The Kier molecular flexibility index (Phi) is 12.6. The Balaban J connectivity index is 0.00000544. The fourth-order valence-corrected chi connectivity index (χ4v) is 3.41. The second-order valence-corrected chi connectivity index (χ2v) is 7.50. The van der Waals surface area contributed by atoms with Crippen molar-refractivity contribution in [3.8, 4) is 11.5 Å². The molecule has 0 saturated heterocycles. The number of carbonyl (C=O) groups is 1. The van der Waals surface area contributed by atoms with Crippen molar-refractivity contribution < 1.29 is 14.3 Å². The molecule has 0 aromatic heterocycles. The van der Waals surface area contributed by atoms with Crippen LogP contribution in [0.2, 0.25) is 0 Å². The van der Waals surface area contributed by atoms with Gasteiger partial charge in [0.05, 0.1) is 20.3 Å². The average Bonchev–Trinajstić information content (AvgIpc) is 2.82. The molecule has 0 aliphatic carbocycles. The van der Waals surface area contributed by atoms with Gasteiger partial charge in [0.2, 0.25) is 0 Å². The van der Waals surface area contributed by atoms with Gasteiger partial charge in [-0.1, -0.05) is 18.2 Å². The standard InChI is InChI=1S/C24H35N5O3.HI/c1-25-23(30)19-9-7-8-17(14-19)12-13-27-24(26-2)28-16-20(29(3)4)18-10-11-21(31-5)22(15-18)32-6;/h7-11,14-15,20H,12-13,16H2,1-6H3,(H,25,30)(H2,26,27,28);1H. The van der Waals surface area contributed by atoms with Gasteiger partial charge >= 0.3 is 0 Å². The number of rotatable bonds is 10. The minimum Gasteiger partial charge on any atom is -0.493 e. The summed E-state index contributed by atoms with van der Waals surface area (Å²) in [6.07, 6.45) is 0.776. The summed E-state index contributed by atoms with van der Waals surface area (Å²) in [5, 5.41) is 9.40. The second kappa shape index (κ2) is 14.6. The number of benzene rings is 2. The molecule has 0 spiro atoms. The fourth-order valence-electron chi connectivity index (χ4n) is 3.41. The minimum atomic E-state index is -0.0813. The molecule has 9 heteroatoms. The van der Waals surface area contributed by atoms with Crippen molar-refractivity contribution in [3.05, 3.63) is 59.2 Å². The number of halogens is 1. The maximum Gasteiger partial charge on any atom is 0.251 e. The van der Waals surface area contributed by atoms with Crippen LogP contribution in [0.1, 0.15) is 27.5 Å². The molecule has 0 bridgehead atoms. The summed E-state index contributed by atoms with van der Waals surface area (Å²) in [5.41, 5.74) is 2.86. The molecular weight excluding hydrogens is 533 g/mol. The van der Waals surface area contributed by atoms with Crippen LogP contribution >= 0.6 is 24.0 Å². The van der Waals surface area contributed by atoms with Crippen LogP contribution in [0.5, 0.6) is 11.5 Å². The van der Waals surface area contributed by atoms with E-state index in [4.69, 9.17) is 9.47 Å². The zero-order valence-corrected chi connectivity index (χ0v) is 22.6. The Morgan fingerprint density at radius 3 is 2.39 bits per heavy atom. The predicted molar refractivity (Wildman–Crippen MR) is 144 cm³/mol. The Bertz CT molecular complexity index is 921. The third kappa shape index (κ3) is 8.39. The van der Waals surface area contributed by atoms with Gasteiger partial charge in [0.15, 0.2) is 17.5 Å². The quantitative estimate of drug-likeness (QED) is 0.232. The molecule has 3 N–H and O–H groups in total. The number of guanidine groups is 1. The summed E-state index contributed by atoms with van der Waals surface area (Å²) in [7, 11) is 10.7. The van der Waals surface area contributed by atoms with Crippen molar-refractivity contribution >= 4 is 35.8 Å². The van der Waals surface area contributed by atoms with Gasteiger partial charge in [0.25, 0.3) is 5.91 Å². The van der Waals surface area contributed by atoms with Crippen molar-refractivity contribution in [3.63, 3.8) is 0 Å². The van der Waals surface area contributed by atoms with Crippen LogP contribution in [-0.2, 0) is 6.42 Å². The summed E-state index contributed by atoms with van der Waals surface area (Å²) in [6, 6.07) is 13.7. The number of hydrogen-bond donors (Lipinski definition) is 3. The number of nitrogens with one attached hydrogen (secondary N) is 3. The molecule has 33 heavy (non-hydrogen) atoms. The second-order valence-electron chi connectivity index (χ2n) is 7.50. The molecule has 0 aliphatic rings. The molecular formula is C24H36IN5O3. The number of methoxy groups -OCH3 is 2. The predicted octanol–water partition coefficient (Wildman–Crippen LogP) is 2.69. The monoisotopic (exact) mass is 569 g/mol. The van der Waals surface area contributed by atoms with E-state index in [9.17, 15) is 4.79 Å². The van der Waals surface area contributed by atoms with Gasteiger partial charge < -0.3 is 30.3 Å². The van der Waals surface area contributed by atoms with E-state index in [1.807, 2.05) is 56.6 Å². The molecule has 2 aromatic carbocycles. The molecule has 1 atom stereocenters. The van der Waals surface area contributed by atoms with E-state index in [0.29, 0.717) is 30.2 Å². The molecule has 2 rings (SSSR count). The molecule has 0 saturated carbocycles. The maximum atomic E-state index is 11.8. The van der Waals surface area contributed by atoms with Gasteiger partial charge in [-0.05, 0) is 55.9 Å². The first-order valence-corrected chi connectivity index (χ1v) is 10.6. The van der Waals surface area contributed by atoms with Crippen LogP contribution in [0.15, 0.2) is 47.5 Å².